The Morgan fingerprint density at radius 2 is 0.432 bits per heavy atom. The van der Waals surface area contributed by atoms with Gasteiger partial charge in [-0.15, -0.1) is 0 Å². The van der Waals surface area contributed by atoms with Gasteiger partial charge in [-0.3, -0.25) is 0 Å². The molecule has 2 unspecified atom stereocenters. The van der Waals surface area contributed by atoms with Gasteiger partial charge in [-0.1, -0.05) is 301 Å². The van der Waals surface area contributed by atoms with E-state index in [4.69, 9.17) is 8.85 Å². The van der Waals surface area contributed by atoms with Crippen molar-refractivity contribution < 1.29 is 8.85 Å². The van der Waals surface area contributed by atoms with Crippen LogP contribution in [0.2, 0.25) is 0 Å². The number of rotatable bonds is 19. The summed E-state index contributed by atoms with van der Waals surface area (Å²) in [5.41, 5.74) is 4.99. The first-order valence-corrected chi connectivity index (χ1v) is 32.7. The molecule has 0 saturated heterocycles. The third-order valence-corrected chi connectivity index (χ3v) is 27.6. The molecule has 0 aromatic heterocycles. The molecule has 6 heteroatoms. The smallest absolute Gasteiger partial charge is 0.288 e. The lowest BCUT2D eigenvalue weighted by atomic mass is 10.2. The molecule has 0 aliphatic carbocycles. The first-order chi connectivity index (χ1) is 36.3. The second-order valence-corrected chi connectivity index (χ2v) is 30.6. The van der Waals surface area contributed by atoms with Gasteiger partial charge in [0.15, 0.2) is 0 Å². The highest BCUT2D eigenvalue weighted by Gasteiger charge is 2.50. The van der Waals surface area contributed by atoms with Crippen LogP contribution >= 0.6 is 15.8 Å². The van der Waals surface area contributed by atoms with Crippen molar-refractivity contribution in [2.24, 2.45) is 0 Å². The Bertz CT molecular complexity index is 2780. The van der Waals surface area contributed by atoms with Gasteiger partial charge in [0.05, 0.1) is 12.2 Å². The van der Waals surface area contributed by atoms with E-state index in [1.54, 1.807) is 0 Å². The fourth-order valence-corrected chi connectivity index (χ4v) is 23.6. The summed E-state index contributed by atoms with van der Waals surface area (Å²) in [6.07, 6.45) is 0.586. The molecule has 0 heterocycles. The van der Waals surface area contributed by atoms with Gasteiger partial charge in [0.2, 0.25) is 0 Å². The Balaban J connectivity index is 1.30. The molecule has 74 heavy (non-hydrogen) atoms. The molecule has 0 radical (unpaired) electrons. The molecule has 2 atom stereocenters. The van der Waals surface area contributed by atoms with Crippen molar-refractivity contribution in [3.8, 4) is 0 Å². The third-order valence-electron chi connectivity index (χ3n) is 14.3. The number of hydrogen-bond acceptors (Lipinski definition) is 2. The zero-order valence-corrected chi connectivity index (χ0v) is 46.6. The Morgan fingerprint density at radius 1 is 0.257 bits per heavy atom. The van der Waals surface area contributed by atoms with Crippen LogP contribution in [0.25, 0.3) is 0 Å². The van der Waals surface area contributed by atoms with Gasteiger partial charge in [-0.2, -0.15) is 0 Å². The second-order valence-electron chi connectivity index (χ2n) is 19.4. The van der Waals surface area contributed by atoms with E-state index in [-0.39, 0.29) is 0 Å². The van der Waals surface area contributed by atoms with Crippen LogP contribution in [0.4, 0.5) is 0 Å². The van der Waals surface area contributed by atoms with Gasteiger partial charge in [0, 0.05) is 12.3 Å². The summed E-state index contributed by atoms with van der Waals surface area (Å²) >= 11 is 0. The van der Waals surface area contributed by atoms with Gasteiger partial charge in [-0.25, -0.2) is 0 Å². The third kappa shape index (κ3) is 11.2. The van der Waals surface area contributed by atoms with Gasteiger partial charge in [0.25, 0.3) is 16.6 Å². The number of benzene rings is 10. The van der Waals surface area contributed by atoms with Crippen molar-refractivity contribution in [3.63, 3.8) is 0 Å². The fourth-order valence-electron chi connectivity index (χ4n) is 10.3. The maximum absolute atomic E-state index is 8.81. The molecule has 0 bridgehead atoms. The molecule has 0 aliphatic heterocycles. The van der Waals surface area contributed by atoms with Gasteiger partial charge < -0.3 is 8.85 Å². The fraction of sp³-hybridized carbons (Fsp3) is 0.118. The summed E-state index contributed by atoms with van der Waals surface area (Å²) in [7, 11) is -8.87. The normalized spacial score (nSPS) is 12.7. The summed E-state index contributed by atoms with van der Waals surface area (Å²) in [5.74, 6) is 0. The van der Waals surface area contributed by atoms with Crippen LogP contribution in [0, 0.1) is 27.7 Å². The van der Waals surface area contributed by atoms with Crippen LogP contribution in [-0.2, 0) is 8.85 Å². The van der Waals surface area contributed by atoms with Crippen molar-refractivity contribution >= 4 is 84.8 Å². The van der Waals surface area contributed by atoms with E-state index in [9.17, 15) is 0 Å². The van der Waals surface area contributed by atoms with Crippen molar-refractivity contribution in [1.29, 1.82) is 0 Å². The lowest BCUT2D eigenvalue weighted by Gasteiger charge is -2.45. The lowest BCUT2D eigenvalue weighted by molar-refractivity contribution is 0.0806. The minimum absolute atomic E-state index is 0.431. The van der Waals surface area contributed by atoms with Crippen molar-refractivity contribution in [1.82, 2.24) is 0 Å². The largest absolute Gasteiger partial charge is 0.398 e. The first kappa shape index (κ1) is 50.9. The van der Waals surface area contributed by atoms with E-state index in [1.165, 1.54) is 74.6 Å². The molecule has 366 valence electrons. The van der Waals surface area contributed by atoms with Gasteiger partial charge in [-0.05, 0) is 95.9 Å². The molecular weight excluding hydrogens is 967 g/mol. The molecule has 2 nitrogen and oxygen atoms in total. The summed E-state index contributed by atoms with van der Waals surface area (Å²) in [4.78, 5) is 0. The van der Waals surface area contributed by atoms with E-state index in [0.717, 1.165) is 12.3 Å². The van der Waals surface area contributed by atoms with Crippen molar-refractivity contribution in [3.05, 3.63) is 301 Å². The van der Waals surface area contributed by atoms with Crippen LogP contribution in [0.3, 0.4) is 0 Å². The van der Waals surface area contributed by atoms with E-state index in [0.29, 0.717) is 0 Å². The summed E-state index contributed by atoms with van der Waals surface area (Å²) in [6, 6.07) is 104. The highest BCUT2D eigenvalue weighted by Crippen LogP contribution is 2.42. The zero-order valence-electron chi connectivity index (χ0n) is 42.8. The minimum atomic E-state index is -3.42. The van der Waals surface area contributed by atoms with E-state index >= 15 is 0 Å². The highest BCUT2D eigenvalue weighted by atomic mass is 31.1. The summed E-state index contributed by atoms with van der Waals surface area (Å²) < 4.78 is 17.6. The molecular formula is C68H64O2P2Si2. The Kier molecular flexibility index (Phi) is 16.3. The molecule has 0 fully saturated rings. The lowest BCUT2D eigenvalue weighted by Crippen LogP contribution is -2.74. The topological polar surface area (TPSA) is 18.5 Å². The van der Waals surface area contributed by atoms with Crippen LogP contribution in [0.15, 0.2) is 279 Å². The Labute approximate surface area is 444 Å². The van der Waals surface area contributed by atoms with E-state index in [2.05, 4.69) is 307 Å². The molecule has 10 aromatic carbocycles. The zero-order chi connectivity index (χ0) is 50.7. The standard InChI is InChI=1S/C68H64O2P2Si2/c1-53-35-43-57(44-36-53)71(58-45-37-54(2)38-46-58)51-67(69-73(61-23-11-5-12-24-61,62-25-13-6-14-26-62)63-27-15-7-16-28-63)68(52-72(59-47-39-55(3)40-48-59)60-49-41-56(4)42-50-60)70-74(64-29-17-8-18-30-64,65-31-19-9-20-32-65)66-33-21-10-22-34-66/h5-50,67-68H,51-52H2,1-4H3. The molecule has 0 N–H and O–H groups in total. The van der Waals surface area contributed by atoms with Crippen LogP contribution < -0.4 is 52.3 Å². The predicted molar refractivity (Wildman–Crippen MR) is 325 cm³/mol. The monoisotopic (exact) mass is 1030 g/mol. The average molecular weight is 1030 g/mol. The van der Waals surface area contributed by atoms with Crippen molar-refractivity contribution in [2.75, 3.05) is 12.3 Å². The van der Waals surface area contributed by atoms with Crippen LogP contribution in [-0.4, -0.2) is 41.2 Å². The van der Waals surface area contributed by atoms with E-state index in [1.807, 2.05) is 0 Å². The van der Waals surface area contributed by atoms with Gasteiger partial charge >= 0.3 is 0 Å². The summed E-state index contributed by atoms with van der Waals surface area (Å²) in [6.45, 7) is 8.75. The maximum Gasteiger partial charge on any atom is 0.288 e. The molecule has 0 amide bonds. The summed E-state index contributed by atoms with van der Waals surface area (Å²) in [5, 5.41) is 12.5. The number of hydrogen-bond donors (Lipinski definition) is 0. The minimum Gasteiger partial charge on any atom is -0.398 e. The first-order valence-electron chi connectivity index (χ1n) is 25.8. The number of aryl methyl sites for hydroxylation is 4. The molecule has 10 aromatic rings. The SMILES string of the molecule is Cc1ccc(P(CC(O[Si](c2ccccc2)(c2ccccc2)c2ccccc2)C(CP(c2ccc(C)cc2)c2ccc(C)cc2)O[Si](c2ccccc2)(c2ccccc2)c2ccccc2)c2ccc(C)cc2)cc1. The highest BCUT2D eigenvalue weighted by molar-refractivity contribution is 7.73. The Hall–Kier alpha value is -6.59. The van der Waals surface area contributed by atoms with Gasteiger partial charge in [0.1, 0.15) is 0 Å². The quantitative estimate of drug-likeness (QED) is 0.0457. The van der Waals surface area contributed by atoms with Crippen LogP contribution in [0.5, 0.6) is 0 Å². The Morgan fingerprint density at radius 3 is 0.608 bits per heavy atom. The average Bonchev–Trinajstić information content (AvgIpc) is 3.47. The second kappa shape index (κ2) is 23.7. The molecule has 0 aliphatic rings. The maximum atomic E-state index is 8.81. The van der Waals surface area contributed by atoms with Crippen molar-refractivity contribution in [2.45, 2.75) is 39.9 Å². The molecule has 0 saturated carbocycles. The molecule has 10 rings (SSSR count). The predicted octanol–water partition coefficient (Wildman–Crippen LogP) is 10.6. The van der Waals surface area contributed by atoms with Crippen LogP contribution in [0.1, 0.15) is 22.3 Å². The van der Waals surface area contributed by atoms with E-state index < -0.39 is 44.7 Å². The molecule has 0 spiro atoms.